The van der Waals surface area contributed by atoms with Gasteiger partial charge in [-0.2, -0.15) is 5.10 Å². The van der Waals surface area contributed by atoms with Crippen LogP contribution < -0.4 is 10.2 Å². The maximum Gasteiger partial charge on any atom is 0.203 e. The van der Waals surface area contributed by atoms with Gasteiger partial charge in [-0.15, -0.1) is 11.3 Å². The van der Waals surface area contributed by atoms with E-state index in [1.165, 1.54) is 22.1 Å². The summed E-state index contributed by atoms with van der Waals surface area (Å²) < 4.78 is 5.20. The van der Waals surface area contributed by atoms with Gasteiger partial charge in [-0.25, -0.2) is 4.98 Å². The molecule has 4 aromatic rings. The van der Waals surface area contributed by atoms with Crippen LogP contribution in [-0.2, 0) is 0 Å². The van der Waals surface area contributed by atoms with E-state index in [0.29, 0.717) is 0 Å². The molecule has 0 spiro atoms. The zero-order valence-electron chi connectivity index (χ0n) is 15.1. The average Bonchev–Trinajstić information content (AvgIpc) is 3.21. The van der Waals surface area contributed by atoms with E-state index in [4.69, 9.17) is 4.74 Å². The Balaban J connectivity index is 1.50. The molecule has 0 aliphatic rings. The summed E-state index contributed by atoms with van der Waals surface area (Å²) >= 11 is 1.53. The number of aromatic nitrogens is 1. The average molecular weight is 373 g/mol. The summed E-state index contributed by atoms with van der Waals surface area (Å²) in [5, 5.41) is 9.72. The highest BCUT2D eigenvalue weighted by Crippen LogP contribution is 2.26. The van der Waals surface area contributed by atoms with Gasteiger partial charge >= 0.3 is 0 Å². The molecule has 0 atom stereocenters. The third-order valence-corrected chi connectivity index (χ3v) is 5.12. The van der Waals surface area contributed by atoms with Gasteiger partial charge in [0, 0.05) is 10.9 Å². The number of hydrazone groups is 1. The number of thiazole rings is 1. The monoisotopic (exact) mass is 373 g/mol. The van der Waals surface area contributed by atoms with Crippen LogP contribution in [0.5, 0.6) is 5.75 Å². The van der Waals surface area contributed by atoms with Crippen LogP contribution in [0.25, 0.3) is 22.0 Å². The third kappa shape index (κ3) is 3.83. The molecule has 1 heterocycles. The minimum atomic E-state index is 0.765. The van der Waals surface area contributed by atoms with Crippen molar-refractivity contribution in [1.29, 1.82) is 0 Å². The molecule has 4 rings (SSSR count). The smallest absolute Gasteiger partial charge is 0.203 e. The van der Waals surface area contributed by atoms with Crippen LogP contribution >= 0.6 is 11.3 Å². The lowest BCUT2D eigenvalue weighted by atomic mass is 10.0. The SMILES string of the molecule is COc1ccc(-c2csc(N/N=C(/C)c3ccc4ccccc4c3)n2)cc1. The zero-order valence-corrected chi connectivity index (χ0v) is 16.0. The van der Waals surface area contributed by atoms with Crippen molar-refractivity contribution in [2.75, 3.05) is 12.5 Å². The van der Waals surface area contributed by atoms with Gasteiger partial charge in [-0.1, -0.05) is 36.4 Å². The molecule has 0 aliphatic heterocycles. The lowest BCUT2D eigenvalue weighted by Gasteiger charge is -2.04. The summed E-state index contributed by atoms with van der Waals surface area (Å²) in [5.41, 5.74) is 7.06. The van der Waals surface area contributed by atoms with Gasteiger partial charge < -0.3 is 4.74 Å². The molecule has 0 amide bonds. The molecule has 3 aromatic carbocycles. The Hall–Kier alpha value is -3.18. The number of ether oxygens (including phenoxy) is 1. The van der Waals surface area contributed by atoms with Crippen LogP contribution in [0.2, 0.25) is 0 Å². The van der Waals surface area contributed by atoms with E-state index in [9.17, 15) is 0 Å². The second kappa shape index (κ2) is 7.60. The van der Waals surface area contributed by atoms with E-state index < -0.39 is 0 Å². The standard InChI is InChI=1S/C22H19N3OS/c1-15(18-8-7-16-5-3-4-6-19(16)13-18)24-25-22-23-21(14-27-22)17-9-11-20(26-2)12-10-17/h3-14H,1-2H3,(H,23,25)/b24-15-. The van der Waals surface area contributed by atoms with Crippen molar-refractivity contribution in [3.8, 4) is 17.0 Å². The Bertz CT molecular complexity index is 1100. The van der Waals surface area contributed by atoms with Crippen molar-refractivity contribution in [2.45, 2.75) is 6.92 Å². The van der Waals surface area contributed by atoms with Gasteiger partial charge in [0.2, 0.25) is 5.13 Å². The van der Waals surface area contributed by atoms with Gasteiger partial charge in [0.25, 0.3) is 0 Å². The normalized spacial score (nSPS) is 11.6. The topological polar surface area (TPSA) is 46.5 Å². The van der Waals surface area contributed by atoms with E-state index in [1.54, 1.807) is 7.11 Å². The number of benzene rings is 3. The number of nitrogens with one attached hydrogen (secondary N) is 1. The molecule has 134 valence electrons. The van der Waals surface area contributed by atoms with Gasteiger partial charge in [-0.05, 0) is 53.6 Å². The lowest BCUT2D eigenvalue weighted by Crippen LogP contribution is -1.99. The molecule has 1 N–H and O–H groups in total. The number of fused-ring (bicyclic) bond motifs is 1. The van der Waals surface area contributed by atoms with Crippen molar-refractivity contribution < 1.29 is 4.74 Å². The molecule has 0 bridgehead atoms. The van der Waals surface area contributed by atoms with Gasteiger partial charge in [0.1, 0.15) is 5.75 Å². The maximum absolute atomic E-state index is 5.20. The van der Waals surface area contributed by atoms with E-state index in [0.717, 1.165) is 33.4 Å². The van der Waals surface area contributed by atoms with E-state index >= 15 is 0 Å². The number of methoxy groups -OCH3 is 1. The number of rotatable bonds is 5. The minimum absolute atomic E-state index is 0.765. The van der Waals surface area contributed by atoms with Crippen molar-refractivity contribution in [2.24, 2.45) is 5.10 Å². The van der Waals surface area contributed by atoms with Crippen LogP contribution in [-0.4, -0.2) is 17.8 Å². The summed E-state index contributed by atoms with van der Waals surface area (Å²) in [4.78, 5) is 4.61. The minimum Gasteiger partial charge on any atom is -0.497 e. The first-order chi connectivity index (χ1) is 13.2. The summed E-state index contributed by atoms with van der Waals surface area (Å²) in [5.74, 6) is 0.836. The molecule has 5 heteroatoms. The highest BCUT2D eigenvalue weighted by atomic mass is 32.1. The Morgan fingerprint density at radius 1 is 1.00 bits per heavy atom. The first-order valence-corrected chi connectivity index (χ1v) is 9.50. The van der Waals surface area contributed by atoms with Crippen molar-refractivity contribution in [3.63, 3.8) is 0 Å². The molecular weight excluding hydrogens is 354 g/mol. The molecule has 0 aliphatic carbocycles. The second-order valence-corrected chi connectivity index (χ2v) is 7.00. The number of hydrogen-bond acceptors (Lipinski definition) is 5. The molecule has 1 aromatic heterocycles. The molecule has 0 fully saturated rings. The van der Waals surface area contributed by atoms with E-state index in [2.05, 4.69) is 45.8 Å². The summed E-state index contributed by atoms with van der Waals surface area (Å²) in [7, 11) is 1.66. The predicted octanol–water partition coefficient (Wildman–Crippen LogP) is 5.81. The second-order valence-electron chi connectivity index (χ2n) is 6.14. The van der Waals surface area contributed by atoms with E-state index in [-0.39, 0.29) is 0 Å². The molecule has 4 nitrogen and oxygen atoms in total. The summed E-state index contributed by atoms with van der Waals surface area (Å²) in [6.07, 6.45) is 0. The zero-order chi connectivity index (χ0) is 18.6. The van der Waals surface area contributed by atoms with Gasteiger partial charge in [0.05, 0.1) is 18.5 Å². The van der Waals surface area contributed by atoms with Crippen molar-refractivity contribution >= 4 is 33.0 Å². The number of anilines is 1. The largest absolute Gasteiger partial charge is 0.497 e. The highest BCUT2D eigenvalue weighted by Gasteiger charge is 2.05. The molecule has 0 saturated carbocycles. The lowest BCUT2D eigenvalue weighted by molar-refractivity contribution is 0.415. The summed E-state index contributed by atoms with van der Waals surface area (Å²) in [6, 6.07) is 22.6. The predicted molar refractivity (Wildman–Crippen MR) is 114 cm³/mol. The molecule has 0 saturated heterocycles. The van der Waals surface area contributed by atoms with Crippen LogP contribution in [0, 0.1) is 0 Å². The Morgan fingerprint density at radius 2 is 1.78 bits per heavy atom. The first kappa shape index (κ1) is 17.2. The van der Waals surface area contributed by atoms with Crippen LogP contribution in [0.1, 0.15) is 12.5 Å². The van der Waals surface area contributed by atoms with Gasteiger partial charge in [-0.3, -0.25) is 5.43 Å². The first-order valence-electron chi connectivity index (χ1n) is 8.62. The van der Waals surface area contributed by atoms with Crippen molar-refractivity contribution in [3.05, 3.63) is 77.7 Å². The molecular formula is C22H19N3OS. The Kier molecular flexibility index (Phi) is 4.85. The van der Waals surface area contributed by atoms with Crippen LogP contribution in [0.4, 0.5) is 5.13 Å². The Labute approximate surface area is 162 Å². The Morgan fingerprint density at radius 3 is 2.56 bits per heavy atom. The fraction of sp³-hybridized carbons (Fsp3) is 0.0909. The van der Waals surface area contributed by atoms with Crippen LogP contribution in [0.3, 0.4) is 0 Å². The van der Waals surface area contributed by atoms with Crippen LogP contribution in [0.15, 0.2) is 77.2 Å². The fourth-order valence-corrected chi connectivity index (χ4v) is 3.49. The van der Waals surface area contributed by atoms with E-state index in [1.807, 2.05) is 48.7 Å². The number of hydrogen-bond donors (Lipinski definition) is 1. The fourth-order valence-electron chi connectivity index (χ4n) is 2.83. The summed E-state index contributed by atoms with van der Waals surface area (Å²) in [6.45, 7) is 2.00. The highest BCUT2D eigenvalue weighted by molar-refractivity contribution is 7.14. The maximum atomic E-state index is 5.20. The molecule has 0 unspecified atom stereocenters. The van der Waals surface area contributed by atoms with Crippen molar-refractivity contribution in [1.82, 2.24) is 4.98 Å². The quantitative estimate of drug-likeness (QED) is 0.355. The van der Waals surface area contributed by atoms with Gasteiger partial charge in [0.15, 0.2) is 0 Å². The molecule has 27 heavy (non-hydrogen) atoms. The molecule has 0 radical (unpaired) electrons. The number of nitrogens with zero attached hydrogens (tertiary/aromatic N) is 2. The third-order valence-electron chi connectivity index (χ3n) is 4.38.